The molecule has 0 aromatic heterocycles. The van der Waals surface area contributed by atoms with E-state index in [9.17, 15) is 14.9 Å². The zero-order chi connectivity index (χ0) is 19.6. The highest BCUT2D eigenvalue weighted by molar-refractivity contribution is 6.21. The molecule has 2 amide bonds. The second-order valence-electron chi connectivity index (χ2n) is 7.56. The molecule has 0 unspecified atom stereocenters. The smallest absolute Gasteiger partial charge is 0.261 e. The van der Waals surface area contributed by atoms with E-state index in [0.717, 1.165) is 44.5 Å². The van der Waals surface area contributed by atoms with Gasteiger partial charge in [-0.2, -0.15) is 5.26 Å². The fourth-order valence-corrected chi connectivity index (χ4v) is 4.28. The van der Waals surface area contributed by atoms with Crippen molar-refractivity contribution in [1.82, 2.24) is 9.80 Å². The Morgan fingerprint density at radius 3 is 2.00 bits per heavy atom. The van der Waals surface area contributed by atoms with Crippen LogP contribution in [0.25, 0.3) is 0 Å². The summed E-state index contributed by atoms with van der Waals surface area (Å²) in [5.74, 6) is -0.376. The highest BCUT2D eigenvalue weighted by Crippen LogP contribution is 2.34. The van der Waals surface area contributed by atoms with Crippen LogP contribution in [0, 0.1) is 11.3 Å². The van der Waals surface area contributed by atoms with Crippen LogP contribution >= 0.6 is 0 Å². The number of carbonyl (C=O) groups excluding carboxylic acids is 2. The average molecular weight is 373 g/mol. The second-order valence-corrected chi connectivity index (χ2v) is 7.56. The van der Waals surface area contributed by atoms with Crippen LogP contribution in [-0.2, 0) is 5.41 Å². The lowest BCUT2D eigenvalue weighted by molar-refractivity contribution is 0.0644. The van der Waals surface area contributed by atoms with Crippen molar-refractivity contribution in [2.45, 2.75) is 24.7 Å². The summed E-state index contributed by atoms with van der Waals surface area (Å²) in [7, 11) is 0. The first-order chi connectivity index (χ1) is 13.6. The quantitative estimate of drug-likeness (QED) is 0.755. The topological polar surface area (TPSA) is 64.4 Å². The maximum Gasteiger partial charge on any atom is 0.261 e. The van der Waals surface area contributed by atoms with Gasteiger partial charge in [0.1, 0.15) is 0 Å². The van der Waals surface area contributed by atoms with Gasteiger partial charge in [0.15, 0.2) is 0 Å². The number of carbonyl (C=O) groups is 2. The SMILES string of the molecule is N#CC1(c2ccccc2)CCN(CCCN2C(=O)c3ccccc3C2=O)CC1. The van der Waals surface area contributed by atoms with Gasteiger partial charge in [-0.05, 0) is 56.6 Å². The summed E-state index contributed by atoms with van der Waals surface area (Å²) in [5, 5.41) is 9.79. The molecule has 1 saturated heterocycles. The summed E-state index contributed by atoms with van der Waals surface area (Å²) in [6.07, 6.45) is 2.36. The zero-order valence-electron chi connectivity index (χ0n) is 15.8. The van der Waals surface area contributed by atoms with Crippen molar-refractivity contribution in [3.8, 4) is 6.07 Å². The number of fused-ring (bicyclic) bond motifs is 1. The summed E-state index contributed by atoms with van der Waals surface area (Å²) in [6.45, 7) is 2.96. The molecule has 142 valence electrons. The van der Waals surface area contributed by atoms with Gasteiger partial charge in [-0.1, -0.05) is 42.5 Å². The van der Waals surface area contributed by atoms with Crippen LogP contribution in [0.2, 0.25) is 0 Å². The van der Waals surface area contributed by atoms with Crippen molar-refractivity contribution >= 4 is 11.8 Å². The summed E-state index contributed by atoms with van der Waals surface area (Å²) >= 11 is 0. The zero-order valence-corrected chi connectivity index (χ0v) is 15.8. The highest BCUT2D eigenvalue weighted by atomic mass is 16.2. The molecule has 0 spiro atoms. The number of benzene rings is 2. The molecule has 2 aromatic rings. The number of hydrogen-bond acceptors (Lipinski definition) is 4. The molecule has 2 aromatic carbocycles. The Morgan fingerprint density at radius 2 is 1.43 bits per heavy atom. The van der Waals surface area contributed by atoms with Crippen LogP contribution < -0.4 is 0 Å². The minimum absolute atomic E-state index is 0.188. The van der Waals surface area contributed by atoms with Gasteiger partial charge in [-0.15, -0.1) is 0 Å². The first-order valence-corrected chi connectivity index (χ1v) is 9.79. The number of hydrogen-bond donors (Lipinski definition) is 0. The number of nitriles is 1. The van der Waals surface area contributed by atoms with Gasteiger partial charge in [0.25, 0.3) is 11.8 Å². The molecule has 5 nitrogen and oxygen atoms in total. The van der Waals surface area contributed by atoms with Crippen molar-refractivity contribution in [3.05, 3.63) is 71.3 Å². The Labute approximate surface area is 165 Å². The van der Waals surface area contributed by atoms with E-state index >= 15 is 0 Å². The summed E-state index contributed by atoms with van der Waals surface area (Å²) in [5.41, 5.74) is 1.71. The first-order valence-electron chi connectivity index (χ1n) is 9.79. The van der Waals surface area contributed by atoms with E-state index in [2.05, 4.69) is 11.0 Å². The first kappa shape index (κ1) is 18.4. The van der Waals surface area contributed by atoms with Gasteiger partial charge in [-0.3, -0.25) is 14.5 Å². The van der Waals surface area contributed by atoms with Gasteiger partial charge in [0, 0.05) is 6.54 Å². The van der Waals surface area contributed by atoms with Gasteiger partial charge in [0.2, 0.25) is 0 Å². The number of nitrogens with zero attached hydrogens (tertiary/aromatic N) is 3. The monoisotopic (exact) mass is 373 g/mol. The summed E-state index contributed by atoms with van der Waals surface area (Å²) in [4.78, 5) is 28.5. The van der Waals surface area contributed by atoms with Crippen LogP contribution in [0.15, 0.2) is 54.6 Å². The number of rotatable bonds is 5. The van der Waals surface area contributed by atoms with Gasteiger partial charge >= 0.3 is 0 Å². The van der Waals surface area contributed by atoms with E-state index in [1.165, 1.54) is 4.90 Å². The number of piperidine rings is 1. The second kappa shape index (κ2) is 7.57. The van der Waals surface area contributed by atoms with Crippen LogP contribution in [0.5, 0.6) is 0 Å². The molecule has 0 radical (unpaired) electrons. The minimum Gasteiger partial charge on any atom is -0.303 e. The average Bonchev–Trinajstić information content (AvgIpc) is 3.00. The molecular weight excluding hydrogens is 350 g/mol. The molecule has 0 saturated carbocycles. The van der Waals surface area contributed by atoms with E-state index in [1.807, 2.05) is 30.3 Å². The third kappa shape index (κ3) is 3.21. The van der Waals surface area contributed by atoms with Crippen LogP contribution in [0.3, 0.4) is 0 Å². The lowest BCUT2D eigenvalue weighted by Gasteiger charge is -2.37. The molecule has 5 heteroatoms. The normalized spacial score (nSPS) is 18.8. The Balaban J connectivity index is 1.31. The molecule has 0 N–H and O–H groups in total. The molecule has 28 heavy (non-hydrogen) atoms. The lowest BCUT2D eigenvalue weighted by Crippen LogP contribution is -2.43. The lowest BCUT2D eigenvalue weighted by atomic mass is 9.74. The molecular formula is C23H23N3O2. The summed E-state index contributed by atoms with van der Waals surface area (Å²) < 4.78 is 0. The fourth-order valence-electron chi connectivity index (χ4n) is 4.28. The highest BCUT2D eigenvalue weighted by Gasteiger charge is 2.37. The number of imide groups is 1. The maximum atomic E-state index is 12.4. The largest absolute Gasteiger partial charge is 0.303 e. The molecule has 2 aliphatic heterocycles. The van der Waals surface area contributed by atoms with Crippen molar-refractivity contribution in [2.75, 3.05) is 26.2 Å². The van der Waals surface area contributed by atoms with Crippen LogP contribution in [0.4, 0.5) is 0 Å². The Bertz CT molecular complexity index is 889. The standard InChI is InChI=1S/C23H23N3O2/c24-17-23(18-7-2-1-3-8-18)11-15-25(16-12-23)13-6-14-26-21(27)19-9-4-5-10-20(19)22(26)28/h1-5,7-10H,6,11-16H2. The molecule has 1 fully saturated rings. The van der Waals surface area contributed by atoms with Crippen LogP contribution in [0.1, 0.15) is 45.5 Å². The Hall–Kier alpha value is -2.97. The fraction of sp³-hybridized carbons (Fsp3) is 0.348. The summed E-state index contributed by atoms with van der Waals surface area (Å²) in [6, 6.07) is 19.6. The third-order valence-electron chi connectivity index (χ3n) is 5.98. The number of amides is 2. The third-order valence-corrected chi connectivity index (χ3v) is 5.98. The van der Waals surface area contributed by atoms with Crippen molar-refractivity contribution in [3.63, 3.8) is 0 Å². The van der Waals surface area contributed by atoms with Gasteiger partial charge in [0.05, 0.1) is 22.6 Å². The van der Waals surface area contributed by atoms with Crippen molar-refractivity contribution in [2.24, 2.45) is 0 Å². The number of likely N-dealkylation sites (tertiary alicyclic amines) is 1. The van der Waals surface area contributed by atoms with E-state index < -0.39 is 5.41 Å². The van der Waals surface area contributed by atoms with Crippen LogP contribution in [-0.4, -0.2) is 47.8 Å². The van der Waals surface area contributed by atoms with Gasteiger partial charge in [-0.25, -0.2) is 0 Å². The molecule has 4 rings (SSSR count). The molecule has 0 aliphatic carbocycles. The Morgan fingerprint density at radius 1 is 0.857 bits per heavy atom. The molecule has 2 heterocycles. The van der Waals surface area contributed by atoms with Crippen molar-refractivity contribution in [1.29, 1.82) is 5.26 Å². The maximum absolute atomic E-state index is 12.4. The molecule has 0 atom stereocenters. The van der Waals surface area contributed by atoms with E-state index in [4.69, 9.17) is 0 Å². The van der Waals surface area contributed by atoms with E-state index in [-0.39, 0.29) is 11.8 Å². The van der Waals surface area contributed by atoms with Gasteiger partial charge < -0.3 is 4.90 Å². The van der Waals surface area contributed by atoms with E-state index in [0.29, 0.717) is 17.7 Å². The molecule has 0 bridgehead atoms. The Kier molecular flexibility index (Phi) is 4.97. The molecule has 2 aliphatic rings. The van der Waals surface area contributed by atoms with E-state index in [1.54, 1.807) is 24.3 Å². The predicted molar refractivity (Wildman–Crippen MR) is 106 cm³/mol. The predicted octanol–water partition coefficient (Wildman–Crippen LogP) is 3.23. The minimum atomic E-state index is -0.402. The van der Waals surface area contributed by atoms with Crippen molar-refractivity contribution < 1.29 is 9.59 Å².